The molecule has 0 unspecified atom stereocenters. The molecule has 4 aromatic heterocycles. The molecule has 0 N–H and O–H groups in total. The van der Waals surface area contributed by atoms with Crippen molar-refractivity contribution < 1.29 is 0 Å². The molecule has 6 aromatic carbocycles. The highest BCUT2D eigenvalue weighted by Crippen LogP contribution is 2.42. The van der Waals surface area contributed by atoms with Crippen LogP contribution in [-0.4, -0.2) is 22.6 Å². The molecular formula is C46H31N3SSi. The Morgan fingerprint density at radius 1 is 0.471 bits per heavy atom. The van der Waals surface area contributed by atoms with E-state index in [-0.39, 0.29) is 0 Å². The van der Waals surface area contributed by atoms with Crippen LogP contribution >= 0.6 is 11.3 Å². The first-order chi connectivity index (χ1) is 25.3. The van der Waals surface area contributed by atoms with Crippen LogP contribution in [0.1, 0.15) is 0 Å². The summed E-state index contributed by atoms with van der Waals surface area (Å²) in [6, 6.07) is 64.3. The summed E-state index contributed by atoms with van der Waals surface area (Å²) < 4.78 is 4.99. The molecule has 51 heavy (non-hydrogen) atoms. The maximum absolute atomic E-state index is 5.04. The molecule has 0 amide bonds. The summed E-state index contributed by atoms with van der Waals surface area (Å²) in [5.74, 6) is 0. The van der Waals surface area contributed by atoms with Crippen molar-refractivity contribution in [2.75, 3.05) is 0 Å². The number of rotatable bonds is 6. The molecule has 0 atom stereocenters. The molecule has 3 nitrogen and oxygen atoms in total. The summed E-state index contributed by atoms with van der Waals surface area (Å²) in [6.07, 6.45) is 3.79. The fraction of sp³-hybridized carbons (Fsp3) is 0. The highest BCUT2D eigenvalue weighted by Gasteiger charge is 2.42. The van der Waals surface area contributed by atoms with Crippen LogP contribution in [0.3, 0.4) is 0 Å². The molecule has 10 aromatic rings. The zero-order valence-corrected chi connectivity index (χ0v) is 29.5. The van der Waals surface area contributed by atoms with Gasteiger partial charge in [-0.05, 0) is 69.3 Å². The van der Waals surface area contributed by atoms with E-state index in [0.717, 1.165) is 22.6 Å². The Morgan fingerprint density at radius 3 is 1.92 bits per heavy atom. The smallest absolute Gasteiger partial charge is 0.179 e. The van der Waals surface area contributed by atoms with Crippen LogP contribution < -0.4 is 20.7 Å². The van der Waals surface area contributed by atoms with Gasteiger partial charge in [0.05, 0.1) is 11.2 Å². The quantitative estimate of drug-likeness (QED) is 0.129. The minimum Gasteiger partial charge on any atom is -0.294 e. The van der Waals surface area contributed by atoms with Crippen LogP contribution in [0.2, 0.25) is 0 Å². The standard InChI is InChI=1S/C46H31N3SSi/c1-3-16-34(17-4-1)51(35-18-5-2-6-19-35,36-20-11-14-32(30-36)41-24-9-10-28-47-41)37-21-12-15-33(31-37)49-42-27-26-39-38-22-7-8-25-43(38)50-45(39)44(42)40-23-13-29-48-46(40)49/h1-31H. The molecule has 5 heteroatoms. The van der Waals surface area contributed by atoms with E-state index in [0.29, 0.717) is 0 Å². The van der Waals surface area contributed by atoms with Gasteiger partial charge in [0.25, 0.3) is 0 Å². The van der Waals surface area contributed by atoms with Gasteiger partial charge in [0, 0.05) is 54.6 Å². The van der Waals surface area contributed by atoms with E-state index in [4.69, 9.17) is 9.97 Å². The third-order valence-corrected chi connectivity index (χ3v) is 16.2. The van der Waals surface area contributed by atoms with Crippen LogP contribution in [0.15, 0.2) is 188 Å². The Kier molecular flexibility index (Phi) is 7.01. The first-order valence-corrected chi connectivity index (χ1v) is 20.1. The largest absolute Gasteiger partial charge is 0.294 e. The van der Waals surface area contributed by atoms with Crippen LogP contribution in [0, 0.1) is 0 Å². The average Bonchev–Trinajstić information content (AvgIpc) is 3.76. The Balaban J connectivity index is 1.28. The van der Waals surface area contributed by atoms with Crippen molar-refractivity contribution in [1.82, 2.24) is 14.5 Å². The summed E-state index contributed by atoms with van der Waals surface area (Å²) in [5.41, 5.74) is 5.34. The summed E-state index contributed by atoms with van der Waals surface area (Å²) >= 11 is 1.87. The van der Waals surface area contributed by atoms with Gasteiger partial charge < -0.3 is 0 Å². The maximum Gasteiger partial charge on any atom is 0.179 e. The lowest BCUT2D eigenvalue weighted by molar-refractivity contribution is 1.14. The zero-order chi connectivity index (χ0) is 33.8. The number of hydrogen-bond donors (Lipinski definition) is 0. The molecule has 0 aliphatic rings. The lowest BCUT2D eigenvalue weighted by Crippen LogP contribution is -2.74. The molecule has 240 valence electrons. The highest BCUT2D eigenvalue weighted by molar-refractivity contribution is 7.26. The summed E-state index contributed by atoms with van der Waals surface area (Å²) in [6.45, 7) is 0. The van der Waals surface area contributed by atoms with Crippen LogP contribution in [0.25, 0.3) is 59.1 Å². The summed E-state index contributed by atoms with van der Waals surface area (Å²) in [7, 11) is -2.87. The summed E-state index contributed by atoms with van der Waals surface area (Å²) in [5, 5.41) is 10.3. The second-order valence-corrected chi connectivity index (χ2v) is 17.8. The second kappa shape index (κ2) is 12.0. The first kappa shape index (κ1) is 29.7. The molecule has 0 saturated heterocycles. The fourth-order valence-electron chi connectivity index (χ4n) is 8.07. The van der Waals surface area contributed by atoms with Gasteiger partial charge in [0.2, 0.25) is 0 Å². The predicted molar refractivity (Wildman–Crippen MR) is 218 cm³/mol. The lowest BCUT2D eigenvalue weighted by Gasteiger charge is -2.35. The van der Waals surface area contributed by atoms with Crippen molar-refractivity contribution in [2.24, 2.45) is 0 Å². The predicted octanol–water partition coefficient (Wildman–Crippen LogP) is 8.99. The minimum absolute atomic E-state index is 0.971. The number of pyridine rings is 2. The molecule has 0 fully saturated rings. The molecule has 0 aliphatic heterocycles. The van der Waals surface area contributed by atoms with Gasteiger partial charge in [0.15, 0.2) is 8.07 Å². The Bertz CT molecular complexity index is 2820. The monoisotopic (exact) mass is 685 g/mol. The van der Waals surface area contributed by atoms with Crippen molar-refractivity contribution in [2.45, 2.75) is 0 Å². The highest BCUT2D eigenvalue weighted by atomic mass is 32.1. The Morgan fingerprint density at radius 2 is 1.14 bits per heavy atom. The Hall–Kier alpha value is -6.14. The molecular weight excluding hydrogens is 655 g/mol. The molecule has 10 rings (SSSR count). The van der Waals surface area contributed by atoms with Crippen molar-refractivity contribution in [3.8, 4) is 16.9 Å². The van der Waals surface area contributed by atoms with Crippen molar-refractivity contribution >= 4 is 82.3 Å². The number of aromatic nitrogens is 3. The van der Waals surface area contributed by atoms with Gasteiger partial charge in [-0.25, -0.2) is 4.98 Å². The molecule has 4 heterocycles. The fourth-order valence-corrected chi connectivity index (χ4v) is 14.1. The van der Waals surface area contributed by atoms with E-state index in [1.54, 1.807) is 0 Å². The first-order valence-electron chi connectivity index (χ1n) is 17.2. The van der Waals surface area contributed by atoms with Crippen molar-refractivity contribution in [3.05, 3.63) is 188 Å². The number of hydrogen-bond acceptors (Lipinski definition) is 3. The topological polar surface area (TPSA) is 30.7 Å². The normalized spacial score (nSPS) is 11.9. The van der Waals surface area contributed by atoms with Gasteiger partial charge >= 0.3 is 0 Å². The van der Waals surface area contributed by atoms with E-state index in [1.165, 1.54) is 57.2 Å². The average molecular weight is 686 g/mol. The van der Waals surface area contributed by atoms with Crippen LogP contribution in [0.5, 0.6) is 0 Å². The van der Waals surface area contributed by atoms with Gasteiger partial charge in [-0.3, -0.25) is 9.55 Å². The third kappa shape index (κ3) is 4.63. The maximum atomic E-state index is 5.04. The lowest BCUT2D eigenvalue weighted by atomic mass is 10.1. The molecule has 0 bridgehead atoms. The van der Waals surface area contributed by atoms with E-state index >= 15 is 0 Å². The zero-order valence-electron chi connectivity index (χ0n) is 27.6. The summed E-state index contributed by atoms with van der Waals surface area (Å²) in [4.78, 5) is 9.78. The van der Waals surface area contributed by atoms with Gasteiger partial charge in [-0.15, -0.1) is 11.3 Å². The molecule has 0 spiro atoms. The molecule has 0 radical (unpaired) electrons. The van der Waals surface area contributed by atoms with Gasteiger partial charge in [0.1, 0.15) is 5.65 Å². The number of benzene rings is 6. The Labute approximate surface area is 300 Å². The third-order valence-electron chi connectivity index (χ3n) is 10.2. The van der Waals surface area contributed by atoms with E-state index < -0.39 is 8.07 Å². The van der Waals surface area contributed by atoms with Gasteiger partial charge in [-0.1, -0.05) is 127 Å². The van der Waals surface area contributed by atoms with E-state index in [1.807, 2.05) is 29.8 Å². The number of thiophene rings is 1. The minimum atomic E-state index is -2.87. The van der Waals surface area contributed by atoms with Crippen molar-refractivity contribution in [3.63, 3.8) is 0 Å². The van der Waals surface area contributed by atoms with Crippen LogP contribution in [-0.2, 0) is 0 Å². The second-order valence-electron chi connectivity index (χ2n) is 13.0. The van der Waals surface area contributed by atoms with Gasteiger partial charge in [-0.2, -0.15) is 0 Å². The van der Waals surface area contributed by atoms with Crippen LogP contribution in [0.4, 0.5) is 0 Å². The SMILES string of the molecule is c1ccc([Si](c2ccccc2)(c2cccc(-c3ccccn3)c2)c2cccc(-n3c4ccc5c6ccccc6sc5c4c4cccnc43)c2)cc1. The number of fused-ring (bicyclic) bond motifs is 7. The number of nitrogens with zero attached hydrogens (tertiary/aromatic N) is 3. The van der Waals surface area contributed by atoms with E-state index in [2.05, 4.69) is 174 Å². The molecule has 0 aliphatic carbocycles. The van der Waals surface area contributed by atoms with E-state index in [9.17, 15) is 0 Å². The molecule has 0 saturated carbocycles. The van der Waals surface area contributed by atoms with Crippen molar-refractivity contribution in [1.29, 1.82) is 0 Å².